The molecule has 1 heterocycles. The zero-order chi connectivity index (χ0) is 13.8. The van der Waals surface area contributed by atoms with Crippen molar-refractivity contribution in [3.05, 3.63) is 30.5 Å². The first-order chi connectivity index (χ1) is 9.11. The molecule has 5 nitrogen and oxygen atoms in total. The maximum atomic E-state index is 10.9. The minimum atomic E-state index is -0.335. The van der Waals surface area contributed by atoms with Crippen molar-refractivity contribution < 1.29 is 9.53 Å². The van der Waals surface area contributed by atoms with Crippen LogP contribution < -0.4 is 15.8 Å². The van der Waals surface area contributed by atoms with Gasteiger partial charge in [0.25, 0.3) is 0 Å². The third kappa shape index (κ3) is 2.93. The number of nitrogens with two attached hydrogens (primary N) is 1. The predicted molar refractivity (Wildman–Crippen MR) is 75.2 cm³/mol. The zero-order valence-corrected chi connectivity index (χ0v) is 11.0. The number of hydrogen-bond donors (Lipinski definition) is 2. The SMILES string of the molecule is COc1cccc2c(NC(C)CC(N)=O)nccc12. The average Bonchev–Trinajstić information content (AvgIpc) is 2.37. The van der Waals surface area contributed by atoms with Crippen LogP contribution in [0.4, 0.5) is 5.82 Å². The van der Waals surface area contributed by atoms with Crippen molar-refractivity contribution in [2.45, 2.75) is 19.4 Å². The fourth-order valence-corrected chi connectivity index (χ4v) is 2.06. The number of carbonyl (C=O) groups is 1. The van der Waals surface area contributed by atoms with Gasteiger partial charge < -0.3 is 15.8 Å². The fraction of sp³-hybridized carbons (Fsp3) is 0.286. The van der Waals surface area contributed by atoms with Crippen LogP contribution in [0.5, 0.6) is 5.75 Å². The summed E-state index contributed by atoms with van der Waals surface area (Å²) in [6, 6.07) is 7.61. The molecule has 5 heteroatoms. The summed E-state index contributed by atoms with van der Waals surface area (Å²) in [4.78, 5) is 15.2. The van der Waals surface area contributed by atoms with Gasteiger partial charge in [0, 0.05) is 29.4 Å². The van der Waals surface area contributed by atoms with Crippen molar-refractivity contribution in [1.29, 1.82) is 0 Å². The first-order valence-electron chi connectivity index (χ1n) is 6.08. The number of aromatic nitrogens is 1. The molecule has 1 unspecified atom stereocenters. The van der Waals surface area contributed by atoms with E-state index in [2.05, 4.69) is 10.3 Å². The van der Waals surface area contributed by atoms with Crippen LogP contribution >= 0.6 is 0 Å². The molecule has 2 rings (SSSR count). The average molecular weight is 259 g/mol. The summed E-state index contributed by atoms with van der Waals surface area (Å²) >= 11 is 0. The Bertz CT molecular complexity index is 598. The van der Waals surface area contributed by atoms with Crippen molar-refractivity contribution >= 4 is 22.5 Å². The van der Waals surface area contributed by atoms with Gasteiger partial charge in [-0.3, -0.25) is 4.79 Å². The molecule has 2 aromatic rings. The first-order valence-corrected chi connectivity index (χ1v) is 6.08. The van der Waals surface area contributed by atoms with Gasteiger partial charge in [0.05, 0.1) is 7.11 Å². The van der Waals surface area contributed by atoms with Crippen molar-refractivity contribution in [2.24, 2.45) is 5.73 Å². The van der Waals surface area contributed by atoms with Crippen LogP contribution in [-0.4, -0.2) is 24.0 Å². The molecule has 100 valence electrons. The van der Waals surface area contributed by atoms with E-state index in [-0.39, 0.29) is 18.4 Å². The Morgan fingerprint density at radius 3 is 2.89 bits per heavy atom. The third-order valence-corrected chi connectivity index (χ3v) is 2.88. The van der Waals surface area contributed by atoms with Crippen molar-refractivity contribution in [2.75, 3.05) is 12.4 Å². The summed E-state index contributed by atoms with van der Waals surface area (Å²) in [6.07, 6.45) is 1.98. The van der Waals surface area contributed by atoms with E-state index in [1.165, 1.54) is 0 Å². The number of primary amides is 1. The van der Waals surface area contributed by atoms with Gasteiger partial charge in [-0.25, -0.2) is 4.98 Å². The highest BCUT2D eigenvalue weighted by atomic mass is 16.5. The molecule has 0 saturated heterocycles. The number of nitrogens with one attached hydrogen (secondary N) is 1. The number of ether oxygens (including phenoxy) is 1. The molecule has 1 aromatic heterocycles. The van der Waals surface area contributed by atoms with Crippen LogP contribution in [0.3, 0.4) is 0 Å². The minimum absolute atomic E-state index is 0.0678. The number of pyridine rings is 1. The molecule has 19 heavy (non-hydrogen) atoms. The van der Waals surface area contributed by atoms with Crippen LogP contribution in [0.25, 0.3) is 10.8 Å². The Hall–Kier alpha value is -2.30. The molecule has 0 aliphatic carbocycles. The van der Waals surface area contributed by atoms with Gasteiger partial charge in [-0.1, -0.05) is 12.1 Å². The van der Waals surface area contributed by atoms with Gasteiger partial charge in [0.1, 0.15) is 11.6 Å². The maximum Gasteiger partial charge on any atom is 0.219 e. The number of hydrogen-bond acceptors (Lipinski definition) is 4. The number of methoxy groups -OCH3 is 1. The molecule has 1 aromatic carbocycles. The number of benzene rings is 1. The second-order valence-electron chi connectivity index (χ2n) is 4.43. The zero-order valence-electron chi connectivity index (χ0n) is 11.0. The van der Waals surface area contributed by atoms with E-state index in [0.29, 0.717) is 0 Å². The number of nitrogens with zero attached hydrogens (tertiary/aromatic N) is 1. The molecule has 1 amide bonds. The van der Waals surface area contributed by atoms with E-state index in [1.54, 1.807) is 13.3 Å². The number of anilines is 1. The van der Waals surface area contributed by atoms with E-state index < -0.39 is 0 Å². The molecular formula is C14H17N3O2. The Kier molecular flexibility index (Phi) is 3.85. The monoisotopic (exact) mass is 259 g/mol. The highest BCUT2D eigenvalue weighted by molar-refractivity contribution is 5.96. The molecule has 0 bridgehead atoms. The van der Waals surface area contributed by atoms with E-state index in [0.717, 1.165) is 22.3 Å². The smallest absolute Gasteiger partial charge is 0.219 e. The minimum Gasteiger partial charge on any atom is -0.496 e. The predicted octanol–water partition coefficient (Wildman–Crippen LogP) is 1.92. The summed E-state index contributed by atoms with van der Waals surface area (Å²) in [6.45, 7) is 1.89. The molecule has 0 aliphatic heterocycles. The molecule has 0 fully saturated rings. The number of amides is 1. The van der Waals surface area contributed by atoms with Crippen molar-refractivity contribution in [3.63, 3.8) is 0 Å². The van der Waals surface area contributed by atoms with Gasteiger partial charge >= 0.3 is 0 Å². The van der Waals surface area contributed by atoms with Crippen molar-refractivity contribution in [3.8, 4) is 5.75 Å². The molecule has 0 saturated carbocycles. The molecule has 3 N–H and O–H groups in total. The molecule has 0 spiro atoms. The topological polar surface area (TPSA) is 77.2 Å². The Labute approximate surface area is 111 Å². The van der Waals surface area contributed by atoms with Crippen LogP contribution in [0, 0.1) is 0 Å². The lowest BCUT2D eigenvalue weighted by Gasteiger charge is -2.15. The summed E-state index contributed by atoms with van der Waals surface area (Å²) in [5.41, 5.74) is 5.19. The number of rotatable bonds is 5. The highest BCUT2D eigenvalue weighted by Gasteiger charge is 2.10. The Morgan fingerprint density at radius 1 is 1.42 bits per heavy atom. The van der Waals surface area contributed by atoms with E-state index in [4.69, 9.17) is 10.5 Å². The molecule has 0 radical (unpaired) electrons. The lowest BCUT2D eigenvalue weighted by molar-refractivity contribution is -0.118. The highest BCUT2D eigenvalue weighted by Crippen LogP contribution is 2.29. The summed E-state index contributed by atoms with van der Waals surface area (Å²) in [5.74, 6) is 1.19. The second-order valence-corrected chi connectivity index (χ2v) is 4.43. The quantitative estimate of drug-likeness (QED) is 0.860. The van der Waals surface area contributed by atoms with Gasteiger partial charge in [-0.2, -0.15) is 0 Å². The van der Waals surface area contributed by atoms with Crippen molar-refractivity contribution in [1.82, 2.24) is 4.98 Å². The Balaban J connectivity index is 2.36. The second kappa shape index (κ2) is 5.56. The van der Waals surface area contributed by atoms with Crippen LogP contribution in [0.15, 0.2) is 30.5 Å². The third-order valence-electron chi connectivity index (χ3n) is 2.88. The van der Waals surface area contributed by atoms with E-state index >= 15 is 0 Å². The summed E-state index contributed by atoms with van der Waals surface area (Å²) < 4.78 is 5.32. The van der Waals surface area contributed by atoms with Crippen LogP contribution in [-0.2, 0) is 4.79 Å². The van der Waals surface area contributed by atoms with Crippen LogP contribution in [0.1, 0.15) is 13.3 Å². The van der Waals surface area contributed by atoms with Gasteiger partial charge in [0.2, 0.25) is 5.91 Å². The fourth-order valence-electron chi connectivity index (χ4n) is 2.06. The standard InChI is InChI=1S/C14H17N3O2/c1-9(8-13(15)18)17-14-11-4-3-5-12(19-2)10(11)6-7-16-14/h3-7,9H,8H2,1-2H3,(H2,15,18)(H,16,17). The lowest BCUT2D eigenvalue weighted by Crippen LogP contribution is -2.24. The lowest BCUT2D eigenvalue weighted by atomic mass is 10.1. The van der Waals surface area contributed by atoms with Gasteiger partial charge in [-0.15, -0.1) is 0 Å². The van der Waals surface area contributed by atoms with Gasteiger partial charge in [-0.05, 0) is 19.1 Å². The molecule has 0 aliphatic rings. The molecule has 1 atom stereocenters. The summed E-state index contributed by atoms with van der Waals surface area (Å²) in [7, 11) is 1.64. The number of fused-ring (bicyclic) bond motifs is 1. The van der Waals surface area contributed by atoms with E-state index in [1.807, 2.05) is 31.2 Å². The number of carbonyl (C=O) groups excluding carboxylic acids is 1. The normalized spacial score (nSPS) is 12.1. The summed E-state index contributed by atoms with van der Waals surface area (Å²) in [5, 5.41) is 5.14. The first kappa shape index (κ1) is 13.1. The largest absolute Gasteiger partial charge is 0.496 e. The Morgan fingerprint density at radius 2 is 2.21 bits per heavy atom. The maximum absolute atomic E-state index is 10.9. The van der Waals surface area contributed by atoms with E-state index in [9.17, 15) is 4.79 Å². The van der Waals surface area contributed by atoms with Gasteiger partial charge in [0.15, 0.2) is 0 Å². The van der Waals surface area contributed by atoms with Crippen LogP contribution in [0.2, 0.25) is 0 Å². The molecular weight excluding hydrogens is 242 g/mol.